The number of likely N-dealkylation sites (tertiary alicyclic amines) is 2. The van der Waals surface area contributed by atoms with Gasteiger partial charge in [0.1, 0.15) is 5.82 Å². The Kier molecular flexibility index (Phi) is 11.5. The normalized spacial score (nSPS) is 19.3. The predicted molar refractivity (Wildman–Crippen MR) is 197 cm³/mol. The Morgan fingerprint density at radius 1 is 0.840 bits per heavy atom. The van der Waals surface area contributed by atoms with Crippen LogP contribution in [0.1, 0.15) is 59.4 Å². The summed E-state index contributed by atoms with van der Waals surface area (Å²) in [6, 6.07) is 19.5. The van der Waals surface area contributed by atoms with Crippen molar-refractivity contribution in [3.05, 3.63) is 83.6 Å². The summed E-state index contributed by atoms with van der Waals surface area (Å²) in [4.78, 5) is 54.0. The summed E-state index contributed by atoms with van der Waals surface area (Å²) in [7, 11) is 2.17. The number of nitrogens with zero attached hydrogens (tertiary/aromatic N) is 6. The number of aromatic nitrogens is 1. The van der Waals surface area contributed by atoms with Crippen LogP contribution in [0, 0.1) is 5.92 Å². The lowest BCUT2D eigenvalue weighted by Crippen LogP contribution is -2.47. The predicted octanol–water partition coefficient (Wildman–Crippen LogP) is 4.60. The number of morpholine rings is 1. The van der Waals surface area contributed by atoms with Crippen molar-refractivity contribution < 1.29 is 19.1 Å². The number of anilines is 3. The molecular formula is C39H51N7O4. The Morgan fingerprint density at radius 2 is 1.50 bits per heavy atom. The van der Waals surface area contributed by atoms with Gasteiger partial charge in [0, 0.05) is 71.0 Å². The molecule has 4 aliphatic rings. The fourth-order valence-electron chi connectivity index (χ4n) is 7.52. The largest absolute Gasteiger partial charge is 0.381 e. The van der Waals surface area contributed by atoms with E-state index in [9.17, 15) is 14.4 Å². The van der Waals surface area contributed by atoms with Gasteiger partial charge >= 0.3 is 0 Å². The quantitative estimate of drug-likeness (QED) is 0.308. The van der Waals surface area contributed by atoms with Gasteiger partial charge in [-0.25, -0.2) is 9.88 Å². The molecule has 0 bridgehead atoms. The number of amides is 3. The number of hydrogen-bond acceptors (Lipinski definition) is 9. The van der Waals surface area contributed by atoms with Gasteiger partial charge in [-0.2, -0.15) is 0 Å². The lowest BCUT2D eigenvalue weighted by atomic mass is 9.93. The third-order valence-electron chi connectivity index (χ3n) is 10.5. The van der Waals surface area contributed by atoms with E-state index in [0.29, 0.717) is 28.9 Å². The minimum absolute atomic E-state index is 0. The summed E-state index contributed by atoms with van der Waals surface area (Å²) in [5.41, 5.74) is 4.23. The molecule has 0 saturated carbocycles. The highest BCUT2D eigenvalue weighted by Crippen LogP contribution is 2.30. The number of nitrogens with one attached hydrogen (secondary N) is 1. The SMILES string of the molecule is C.CN(CCN1CCOCC1)c1ccccc1NC1CCN(C(=O)C2CCN(Cc3ccc(N4C(=O)c5ccccc5C4=O)nc3)CC2)CC1. The van der Waals surface area contributed by atoms with Crippen molar-refractivity contribution in [1.29, 1.82) is 0 Å². The molecule has 0 unspecified atom stereocenters. The highest BCUT2D eigenvalue weighted by atomic mass is 16.5. The van der Waals surface area contributed by atoms with Crippen LogP contribution in [-0.2, 0) is 16.1 Å². The minimum atomic E-state index is -0.336. The van der Waals surface area contributed by atoms with Crippen LogP contribution < -0.4 is 15.1 Å². The molecule has 0 atom stereocenters. The number of pyridine rings is 1. The number of para-hydroxylation sites is 2. The molecule has 50 heavy (non-hydrogen) atoms. The van der Waals surface area contributed by atoms with E-state index in [1.807, 2.05) is 6.07 Å². The summed E-state index contributed by atoms with van der Waals surface area (Å²) in [5, 5.41) is 3.80. The molecule has 0 aliphatic carbocycles. The number of likely N-dealkylation sites (N-methyl/N-ethyl adjacent to an activating group) is 1. The van der Waals surface area contributed by atoms with Crippen LogP contribution in [0.5, 0.6) is 0 Å². The molecule has 3 aromatic rings. The zero-order valence-corrected chi connectivity index (χ0v) is 28.4. The molecule has 11 nitrogen and oxygen atoms in total. The van der Waals surface area contributed by atoms with E-state index in [1.54, 1.807) is 36.5 Å². The van der Waals surface area contributed by atoms with E-state index in [2.05, 4.69) is 61.2 Å². The standard InChI is InChI=1S/C38H47N7O4.CH4/c1-41(20-21-42-22-24-49-25-23-42)34-9-5-4-8-33(34)40-30-14-18-44(19-15-30)36(46)29-12-16-43(17-13-29)27-28-10-11-35(39-26-28)45-37(47)31-6-2-3-7-32(31)38(45)48;/h2-11,26,29-30,40H,12-25,27H2,1H3;1H4. The first-order valence-corrected chi connectivity index (χ1v) is 17.8. The molecule has 266 valence electrons. The maximum absolute atomic E-state index is 13.5. The summed E-state index contributed by atoms with van der Waals surface area (Å²) < 4.78 is 5.49. The zero-order valence-electron chi connectivity index (χ0n) is 28.4. The summed E-state index contributed by atoms with van der Waals surface area (Å²) >= 11 is 0. The number of benzene rings is 2. The average molecular weight is 682 g/mol. The molecule has 4 aliphatic heterocycles. The first kappa shape index (κ1) is 35.5. The molecule has 0 radical (unpaired) electrons. The molecule has 3 fully saturated rings. The first-order valence-electron chi connectivity index (χ1n) is 17.8. The number of hydrogen-bond donors (Lipinski definition) is 1. The van der Waals surface area contributed by atoms with E-state index in [0.717, 1.165) is 114 Å². The van der Waals surface area contributed by atoms with Crippen molar-refractivity contribution in [2.24, 2.45) is 5.92 Å². The third kappa shape index (κ3) is 7.85. The minimum Gasteiger partial charge on any atom is -0.381 e. The second-order valence-electron chi connectivity index (χ2n) is 13.7. The second kappa shape index (κ2) is 16.1. The van der Waals surface area contributed by atoms with Crippen LogP contribution in [0.25, 0.3) is 0 Å². The summed E-state index contributed by atoms with van der Waals surface area (Å²) in [6.45, 7) is 9.64. The van der Waals surface area contributed by atoms with Crippen LogP contribution >= 0.6 is 0 Å². The van der Waals surface area contributed by atoms with E-state index in [4.69, 9.17) is 4.74 Å². The van der Waals surface area contributed by atoms with E-state index >= 15 is 0 Å². The summed E-state index contributed by atoms with van der Waals surface area (Å²) in [6.07, 6.45) is 5.33. The summed E-state index contributed by atoms with van der Waals surface area (Å²) in [5.74, 6) is 0.0346. The maximum atomic E-state index is 13.5. The third-order valence-corrected chi connectivity index (χ3v) is 10.5. The Hall–Kier alpha value is -4.32. The molecule has 5 heterocycles. The number of imide groups is 1. The van der Waals surface area contributed by atoms with Gasteiger partial charge in [-0.05, 0) is 74.7 Å². The van der Waals surface area contributed by atoms with Crippen molar-refractivity contribution in [1.82, 2.24) is 19.7 Å². The second-order valence-corrected chi connectivity index (χ2v) is 13.7. The van der Waals surface area contributed by atoms with E-state index < -0.39 is 0 Å². The van der Waals surface area contributed by atoms with Crippen molar-refractivity contribution in [3.8, 4) is 0 Å². The smallest absolute Gasteiger partial charge is 0.267 e. The fraction of sp³-hybridized carbons (Fsp3) is 0.487. The van der Waals surface area contributed by atoms with Crippen LogP contribution in [0.4, 0.5) is 17.2 Å². The molecule has 1 N–H and O–H groups in total. The van der Waals surface area contributed by atoms with Gasteiger partial charge in [0.05, 0.1) is 35.7 Å². The number of fused-ring (bicyclic) bond motifs is 1. The van der Waals surface area contributed by atoms with Gasteiger partial charge in [0.2, 0.25) is 5.91 Å². The molecule has 1 aromatic heterocycles. The number of piperidine rings is 2. The Labute approximate surface area is 296 Å². The fourth-order valence-corrected chi connectivity index (χ4v) is 7.52. The molecule has 7 rings (SSSR count). The number of ether oxygens (including phenoxy) is 1. The zero-order chi connectivity index (χ0) is 33.7. The van der Waals surface area contributed by atoms with Crippen LogP contribution in [-0.4, -0.2) is 116 Å². The monoisotopic (exact) mass is 681 g/mol. The Balaban J connectivity index is 0.00000432. The van der Waals surface area contributed by atoms with Gasteiger partial charge in [-0.1, -0.05) is 37.8 Å². The molecule has 0 spiro atoms. The van der Waals surface area contributed by atoms with Crippen molar-refractivity contribution >= 4 is 34.9 Å². The van der Waals surface area contributed by atoms with Gasteiger partial charge in [-0.3, -0.25) is 24.2 Å². The van der Waals surface area contributed by atoms with Gasteiger partial charge in [0.25, 0.3) is 11.8 Å². The van der Waals surface area contributed by atoms with Crippen LogP contribution in [0.2, 0.25) is 0 Å². The number of carbonyl (C=O) groups excluding carboxylic acids is 3. The van der Waals surface area contributed by atoms with Gasteiger partial charge < -0.3 is 19.9 Å². The molecule has 11 heteroatoms. The molecule has 2 aromatic carbocycles. The van der Waals surface area contributed by atoms with E-state index in [-0.39, 0.29) is 25.2 Å². The molecule has 3 amide bonds. The maximum Gasteiger partial charge on any atom is 0.267 e. The van der Waals surface area contributed by atoms with Crippen molar-refractivity contribution in [2.45, 2.75) is 45.7 Å². The van der Waals surface area contributed by atoms with Gasteiger partial charge in [0.15, 0.2) is 0 Å². The highest BCUT2D eigenvalue weighted by Gasteiger charge is 2.37. The lowest BCUT2D eigenvalue weighted by Gasteiger charge is -2.38. The van der Waals surface area contributed by atoms with Crippen molar-refractivity contribution in [3.63, 3.8) is 0 Å². The average Bonchev–Trinajstić information content (AvgIpc) is 3.41. The topological polar surface area (TPSA) is 102 Å². The van der Waals surface area contributed by atoms with Crippen LogP contribution in [0.3, 0.4) is 0 Å². The number of rotatable bonds is 10. The lowest BCUT2D eigenvalue weighted by molar-refractivity contribution is -0.138. The molecule has 3 saturated heterocycles. The van der Waals surface area contributed by atoms with Crippen molar-refractivity contribution in [2.75, 3.05) is 87.7 Å². The molecular weight excluding hydrogens is 630 g/mol. The van der Waals surface area contributed by atoms with Gasteiger partial charge in [-0.15, -0.1) is 0 Å². The highest BCUT2D eigenvalue weighted by molar-refractivity contribution is 6.34. The Bertz CT molecular complexity index is 1590. The Morgan fingerprint density at radius 3 is 2.16 bits per heavy atom. The number of carbonyl (C=O) groups is 3. The van der Waals surface area contributed by atoms with Crippen LogP contribution in [0.15, 0.2) is 66.9 Å². The first-order chi connectivity index (χ1) is 23.9. The van der Waals surface area contributed by atoms with E-state index in [1.165, 1.54) is 5.69 Å².